The van der Waals surface area contributed by atoms with Gasteiger partial charge in [0.1, 0.15) is 6.61 Å². The Morgan fingerprint density at radius 1 is 1.73 bits per heavy atom. The van der Waals surface area contributed by atoms with Gasteiger partial charge in [-0.05, 0) is 19.4 Å². The number of carbonyl (C=O) groups is 1. The summed E-state index contributed by atoms with van der Waals surface area (Å²) in [6.45, 7) is 1.27. The van der Waals surface area contributed by atoms with Crippen molar-refractivity contribution in [3.63, 3.8) is 0 Å². The van der Waals surface area contributed by atoms with Crippen molar-refractivity contribution in [1.82, 2.24) is 10.6 Å². The molecule has 1 aliphatic heterocycles. The van der Waals surface area contributed by atoms with E-state index in [0.29, 0.717) is 12.6 Å². The largest absolute Gasteiger partial charge is 0.387 e. The fourth-order valence-electron chi connectivity index (χ4n) is 1.22. The van der Waals surface area contributed by atoms with E-state index in [2.05, 4.69) is 10.6 Å². The van der Waals surface area contributed by atoms with Gasteiger partial charge in [-0.3, -0.25) is 4.79 Å². The normalized spacial score (nSPS) is 23.5. The van der Waals surface area contributed by atoms with E-state index in [1.54, 1.807) is 0 Å². The lowest BCUT2D eigenvalue weighted by Crippen LogP contribution is -2.38. The molecule has 0 bridgehead atoms. The zero-order valence-corrected chi connectivity index (χ0v) is 6.47. The molecule has 0 aromatic carbocycles. The van der Waals surface area contributed by atoms with E-state index in [9.17, 15) is 4.79 Å². The van der Waals surface area contributed by atoms with Crippen molar-refractivity contribution in [1.29, 1.82) is 0 Å². The summed E-state index contributed by atoms with van der Waals surface area (Å²) < 4.78 is 0. The van der Waals surface area contributed by atoms with Crippen LogP contribution in [0.2, 0.25) is 0 Å². The van der Waals surface area contributed by atoms with E-state index in [0.717, 1.165) is 13.0 Å². The molecule has 1 saturated heterocycles. The van der Waals surface area contributed by atoms with Crippen molar-refractivity contribution < 1.29 is 9.90 Å². The van der Waals surface area contributed by atoms with Crippen LogP contribution in [0.4, 0.5) is 0 Å². The second-order valence-corrected chi connectivity index (χ2v) is 2.76. The first-order valence-corrected chi connectivity index (χ1v) is 3.94. The van der Waals surface area contributed by atoms with Gasteiger partial charge >= 0.3 is 0 Å². The SMILES string of the molecule is O=C(CO)NCC1CCCN1. The summed E-state index contributed by atoms with van der Waals surface area (Å²) in [7, 11) is 0. The Bertz CT molecular complexity index is 132. The molecule has 0 aromatic heterocycles. The van der Waals surface area contributed by atoms with Crippen LogP contribution in [0.1, 0.15) is 12.8 Å². The Morgan fingerprint density at radius 2 is 2.55 bits per heavy atom. The molecule has 3 N–H and O–H groups in total. The van der Waals surface area contributed by atoms with Gasteiger partial charge in [0.05, 0.1) is 0 Å². The molecule has 1 aliphatic rings. The molecule has 0 radical (unpaired) electrons. The minimum absolute atomic E-state index is 0.293. The number of carbonyl (C=O) groups excluding carboxylic acids is 1. The molecule has 4 heteroatoms. The Hall–Kier alpha value is -0.610. The third-order valence-electron chi connectivity index (χ3n) is 1.85. The molecule has 1 amide bonds. The van der Waals surface area contributed by atoms with Gasteiger partial charge in [0.15, 0.2) is 0 Å². The molecule has 0 spiro atoms. The predicted molar refractivity (Wildman–Crippen MR) is 41.1 cm³/mol. The minimum atomic E-state index is -0.410. The molecule has 1 atom stereocenters. The van der Waals surface area contributed by atoms with Crippen LogP contribution in [0.25, 0.3) is 0 Å². The van der Waals surface area contributed by atoms with Crippen LogP contribution >= 0.6 is 0 Å². The molecule has 64 valence electrons. The molecule has 0 aliphatic carbocycles. The molecular formula is C7H14N2O2. The zero-order chi connectivity index (χ0) is 8.10. The van der Waals surface area contributed by atoms with Gasteiger partial charge in [-0.25, -0.2) is 0 Å². The second kappa shape index (κ2) is 4.31. The maximum atomic E-state index is 10.6. The summed E-state index contributed by atoms with van der Waals surface area (Å²) in [5.41, 5.74) is 0. The highest BCUT2D eigenvalue weighted by atomic mass is 16.3. The predicted octanol–water partition coefficient (Wildman–Crippen LogP) is -1.15. The molecule has 4 nitrogen and oxygen atoms in total. The molecule has 1 rings (SSSR count). The van der Waals surface area contributed by atoms with Crippen molar-refractivity contribution in [2.75, 3.05) is 19.7 Å². The third kappa shape index (κ3) is 2.86. The van der Waals surface area contributed by atoms with E-state index in [-0.39, 0.29) is 5.91 Å². The number of rotatable bonds is 3. The first-order chi connectivity index (χ1) is 5.33. The lowest BCUT2D eigenvalue weighted by Gasteiger charge is -2.09. The average molecular weight is 158 g/mol. The van der Waals surface area contributed by atoms with Gasteiger partial charge in [0.2, 0.25) is 5.91 Å². The minimum Gasteiger partial charge on any atom is -0.387 e. The molecule has 0 saturated carbocycles. The van der Waals surface area contributed by atoms with E-state index in [4.69, 9.17) is 5.11 Å². The van der Waals surface area contributed by atoms with Crippen molar-refractivity contribution in [3.8, 4) is 0 Å². The molecule has 1 heterocycles. The highest BCUT2D eigenvalue weighted by Crippen LogP contribution is 2.02. The lowest BCUT2D eigenvalue weighted by molar-refractivity contribution is -0.123. The number of hydrogen-bond donors (Lipinski definition) is 3. The van der Waals surface area contributed by atoms with Crippen molar-refractivity contribution in [2.24, 2.45) is 0 Å². The summed E-state index contributed by atoms with van der Waals surface area (Å²) in [4.78, 5) is 10.6. The first-order valence-electron chi connectivity index (χ1n) is 3.94. The smallest absolute Gasteiger partial charge is 0.245 e. The molecule has 0 aromatic rings. The van der Waals surface area contributed by atoms with E-state index in [1.807, 2.05) is 0 Å². The van der Waals surface area contributed by atoms with E-state index in [1.165, 1.54) is 6.42 Å². The zero-order valence-electron chi connectivity index (χ0n) is 6.47. The highest BCUT2D eigenvalue weighted by molar-refractivity contribution is 5.76. The van der Waals surface area contributed by atoms with Crippen LogP contribution in [0.3, 0.4) is 0 Å². The number of aliphatic hydroxyl groups is 1. The van der Waals surface area contributed by atoms with Crippen molar-refractivity contribution >= 4 is 5.91 Å². The monoisotopic (exact) mass is 158 g/mol. The van der Waals surface area contributed by atoms with Gasteiger partial charge in [-0.1, -0.05) is 0 Å². The summed E-state index contributed by atoms with van der Waals surface area (Å²) in [5.74, 6) is -0.293. The van der Waals surface area contributed by atoms with Crippen LogP contribution < -0.4 is 10.6 Å². The topological polar surface area (TPSA) is 61.4 Å². The lowest BCUT2D eigenvalue weighted by atomic mass is 10.2. The van der Waals surface area contributed by atoms with Crippen LogP contribution in [-0.4, -0.2) is 36.8 Å². The number of nitrogens with one attached hydrogen (secondary N) is 2. The van der Waals surface area contributed by atoms with Crippen LogP contribution in [0.15, 0.2) is 0 Å². The summed E-state index contributed by atoms with van der Waals surface area (Å²) in [6, 6.07) is 0.408. The molecule has 1 unspecified atom stereocenters. The van der Waals surface area contributed by atoms with Crippen LogP contribution in [-0.2, 0) is 4.79 Å². The number of amides is 1. The Morgan fingerprint density at radius 3 is 3.09 bits per heavy atom. The van der Waals surface area contributed by atoms with Gasteiger partial charge in [0.25, 0.3) is 0 Å². The molecular weight excluding hydrogens is 144 g/mol. The van der Waals surface area contributed by atoms with Gasteiger partial charge in [-0.2, -0.15) is 0 Å². The highest BCUT2D eigenvalue weighted by Gasteiger charge is 2.13. The fraction of sp³-hybridized carbons (Fsp3) is 0.857. The average Bonchev–Trinajstić information content (AvgIpc) is 2.52. The summed E-state index contributed by atoms with van der Waals surface area (Å²) in [5, 5.41) is 14.2. The quantitative estimate of drug-likeness (QED) is 0.486. The Kier molecular flexibility index (Phi) is 3.32. The standard InChI is InChI=1S/C7H14N2O2/c10-5-7(11)9-4-6-2-1-3-8-6/h6,8,10H,1-5H2,(H,9,11). The van der Waals surface area contributed by atoms with E-state index < -0.39 is 6.61 Å². The van der Waals surface area contributed by atoms with Crippen molar-refractivity contribution in [3.05, 3.63) is 0 Å². The Balaban J connectivity index is 2.06. The second-order valence-electron chi connectivity index (χ2n) is 2.76. The van der Waals surface area contributed by atoms with Crippen LogP contribution in [0, 0.1) is 0 Å². The molecule has 11 heavy (non-hydrogen) atoms. The van der Waals surface area contributed by atoms with Gasteiger partial charge in [0, 0.05) is 12.6 Å². The van der Waals surface area contributed by atoms with Gasteiger partial charge < -0.3 is 15.7 Å². The van der Waals surface area contributed by atoms with Gasteiger partial charge in [-0.15, -0.1) is 0 Å². The van der Waals surface area contributed by atoms with Crippen molar-refractivity contribution in [2.45, 2.75) is 18.9 Å². The maximum absolute atomic E-state index is 10.6. The first kappa shape index (κ1) is 8.49. The van der Waals surface area contributed by atoms with E-state index >= 15 is 0 Å². The molecule has 1 fully saturated rings. The number of aliphatic hydroxyl groups excluding tert-OH is 1. The summed E-state index contributed by atoms with van der Waals surface area (Å²) >= 11 is 0. The van der Waals surface area contributed by atoms with Crippen LogP contribution in [0.5, 0.6) is 0 Å². The Labute approximate surface area is 66.0 Å². The maximum Gasteiger partial charge on any atom is 0.245 e. The fourth-order valence-corrected chi connectivity index (χ4v) is 1.22. The third-order valence-corrected chi connectivity index (χ3v) is 1.85. The summed E-state index contributed by atoms with van der Waals surface area (Å²) in [6.07, 6.45) is 2.30. The number of hydrogen-bond acceptors (Lipinski definition) is 3.